The lowest BCUT2D eigenvalue weighted by Gasteiger charge is -2.28. The minimum absolute atomic E-state index is 0.0389. The molecule has 0 aliphatic carbocycles. The van der Waals surface area contributed by atoms with Gasteiger partial charge in [-0.25, -0.2) is 0 Å². The fourth-order valence-corrected chi connectivity index (χ4v) is 3.21. The number of benzene rings is 1. The molecule has 31 heavy (non-hydrogen) atoms. The second-order valence-corrected chi connectivity index (χ2v) is 7.28. The summed E-state index contributed by atoms with van der Waals surface area (Å²) in [7, 11) is 1.59. The van der Waals surface area contributed by atoms with Crippen molar-refractivity contribution in [3.8, 4) is 0 Å². The van der Waals surface area contributed by atoms with Crippen molar-refractivity contribution in [1.29, 1.82) is 0 Å². The van der Waals surface area contributed by atoms with Crippen LogP contribution in [0, 0.1) is 0 Å². The minimum Gasteiger partial charge on any atom is -0.459 e. The highest BCUT2D eigenvalue weighted by Gasteiger charge is 2.15. The van der Waals surface area contributed by atoms with E-state index in [1.54, 1.807) is 19.2 Å². The van der Waals surface area contributed by atoms with Crippen molar-refractivity contribution in [2.45, 2.75) is 12.8 Å². The maximum absolute atomic E-state index is 12.3. The molecule has 166 valence electrons. The van der Waals surface area contributed by atoms with E-state index in [1.165, 1.54) is 11.2 Å². The van der Waals surface area contributed by atoms with Crippen LogP contribution in [0.2, 0.25) is 0 Å². The Kier molecular flexibility index (Phi) is 8.05. The van der Waals surface area contributed by atoms with Crippen molar-refractivity contribution in [1.82, 2.24) is 10.2 Å². The summed E-state index contributed by atoms with van der Waals surface area (Å²) in [6.07, 6.45) is 2.13. The Bertz CT molecular complexity index is 861. The van der Waals surface area contributed by atoms with Crippen LogP contribution in [-0.2, 0) is 14.3 Å². The van der Waals surface area contributed by atoms with Crippen molar-refractivity contribution in [2.75, 3.05) is 56.7 Å². The summed E-state index contributed by atoms with van der Waals surface area (Å²) >= 11 is 0. The molecule has 9 heteroatoms. The second-order valence-electron chi connectivity index (χ2n) is 7.28. The van der Waals surface area contributed by atoms with Gasteiger partial charge in [-0.05, 0) is 42.8 Å². The van der Waals surface area contributed by atoms with E-state index in [4.69, 9.17) is 9.15 Å². The Morgan fingerprint density at radius 3 is 2.52 bits per heavy atom. The maximum Gasteiger partial charge on any atom is 0.286 e. The van der Waals surface area contributed by atoms with Gasteiger partial charge in [0.2, 0.25) is 11.8 Å². The largest absolute Gasteiger partial charge is 0.459 e. The van der Waals surface area contributed by atoms with Gasteiger partial charge in [-0.15, -0.1) is 0 Å². The monoisotopic (exact) mass is 428 g/mol. The predicted molar refractivity (Wildman–Crippen MR) is 116 cm³/mol. The number of hydrogen-bond donors (Lipinski definition) is 2. The van der Waals surface area contributed by atoms with Gasteiger partial charge < -0.3 is 29.6 Å². The molecule has 0 unspecified atom stereocenters. The third kappa shape index (κ3) is 6.85. The van der Waals surface area contributed by atoms with Gasteiger partial charge in [-0.1, -0.05) is 0 Å². The molecule has 1 aromatic carbocycles. The number of hydrogen-bond acceptors (Lipinski definition) is 6. The van der Waals surface area contributed by atoms with Gasteiger partial charge in [-0.2, -0.15) is 0 Å². The number of morpholine rings is 1. The summed E-state index contributed by atoms with van der Waals surface area (Å²) in [6, 6.07) is 10.8. The summed E-state index contributed by atoms with van der Waals surface area (Å²) in [5, 5.41) is 5.50. The van der Waals surface area contributed by atoms with Gasteiger partial charge in [0.1, 0.15) is 0 Å². The lowest BCUT2D eigenvalue weighted by Crippen LogP contribution is -2.36. The zero-order chi connectivity index (χ0) is 22.1. The lowest BCUT2D eigenvalue weighted by molar-refractivity contribution is -0.133. The minimum atomic E-state index is -0.315. The molecule has 1 saturated heterocycles. The molecule has 0 atom stereocenters. The van der Waals surface area contributed by atoms with Gasteiger partial charge in [0.25, 0.3) is 5.91 Å². The van der Waals surface area contributed by atoms with Crippen molar-refractivity contribution in [3.05, 3.63) is 48.4 Å². The smallest absolute Gasteiger partial charge is 0.286 e. The van der Waals surface area contributed by atoms with Gasteiger partial charge in [0, 0.05) is 44.5 Å². The van der Waals surface area contributed by atoms with Gasteiger partial charge in [-0.3, -0.25) is 14.4 Å². The summed E-state index contributed by atoms with van der Waals surface area (Å²) in [5.41, 5.74) is 1.77. The number of nitrogens with zero attached hydrogens (tertiary/aromatic N) is 2. The number of carbonyl (C=O) groups excluding carboxylic acids is 3. The van der Waals surface area contributed by atoms with E-state index >= 15 is 0 Å². The van der Waals surface area contributed by atoms with Crippen LogP contribution in [0.3, 0.4) is 0 Å². The summed E-state index contributed by atoms with van der Waals surface area (Å²) in [6.45, 7) is 3.45. The first-order chi connectivity index (χ1) is 15.0. The van der Waals surface area contributed by atoms with E-state index in [0.29, 0.717) is 18.7 Å². The molecular weight excluding hydrogens is 400 g/mol. The Hall–Kier alpha value is -3.33. The number of anilines is 2. The van der Waals surface area contributed by atoms with Gasteiger partial charge >= 0.3 is 0 Å². The van der Waals surface area contributed by atoms with Crippen LogP contribution in [0.25, 0.3) is 0 Å². The lowest BCUT2D eigenvalue weighted by atomic mass is 10.2. The maximum atomic E-state index is 12.3. The topological polar surface area (TPSA) is 104 Å². The van der Waals surface area contributed by atoms with Crippen LogP contribution in [-0.4, -0.2) is 69.1 Å². The number of likely N-dealkylation sites (N-methyl/N-ethyl adjacent to an activating group) is 1. The van der Waals surface area contributed by atoms with E-state index in [1.807, 2.05) is 24.3 Å². The Morgan fingerprint density at radius 2 is 1.84 bits per heavy atom. The first-order valence-corrected chi connectivity index (χ1v) is 10.3. The molecule has 0 saturated carbocycles. The first kappa shape index (κ1) is 22.4. The third-order valence-corrected chi connectivity index (χ3v) is 4.93. The molecule has 2 heterocycles. The molecular formula is C22H28N4O5. The molecule has 3 rings (SSSR count). The molecule has 2 aromatic rings. The predicted octanol–water partition coefficient (Wildman–Crippen LogP) is 1.72. The number of furan rings is 1. The van der Waals surface area contributed by atoms with Crippen molar-refractivity contribution in [3.63, 3.8) is 0 Å². The quantitative estimate of drug-likeness (QED) is 0.590. The summed E-state index contributed by atoms with van der Waals surface area (Å²) in [5.74, 6) is -0.505. The molecule has 1 aliphatic rings. The van der Waals surface area contributed by atoms with Crippen LogP contribution < -0.4 is 15.5 Å². The summed E-state index contributed by atoms with van der Waals surface area (Å²) < 4.78 is 10.4. The van der Waals surface area contributed by atoms with Crippen LogP contribution in [0.15, 0.2) is 47.1 Å². The molecule has 3 amide bonds. The second kappa shape index (κ2) is 11.2. The highest BCUT2D eigenvalue weighted by molar-refractivity contribution is 5.94. The molecule has 2 N–H and O–H groups in total. The van der Waals surface area contributed by atoms with Crippen LogP contribution in [0.5, 0.6) is 0 Å². The highest BCUT2D eigenvalue weighted by Crippen LogP contribution is 2.19. The number of rotatable bonds is 9. The molecule has 1 fully saturated rings. The number of ether oxygens (including phenoxy) is 1. The number of nitrogens with one attached hydrogen (secondary N) is 2. The van der Waals surface area contributed by atoms with Crippen molar-refractivity contribution >= 4 is 29.1 Å². The van der Waals surface area contributed by atoms with E-state index in [-0.39, 0.29) is 36.4 Å². The van der Waals surface area contributed by atoms with Crippen LogP contribution >= 0.6 is 0 Å². The summed E-state index contributed by atoms with van der Waals surface area (Å²) in [4.78, 5) is 39.9. The first-order valence-electron chi connectivity index (χ1n) is 10.3. The molecule has 0 bridgehead atoms. The number of amides is 3. The molecule has 1 aliphatic heterocycles. The normalized spacial score (nSPS) is 13.5. The van der Waals surface area contributed by atoms with Crippen LogP contribution in [0.1, 0.15) is 23.4 Å². The zero-order valence-corrected chi connectivity index (χ0v) is 17.6. The highest BCUT2D eigenvalue weighted by atomic mass is 16.5. The standard InChI is InChI=1S/C22H28N4O5/c1-25(21(28)5-2-10-23-22(29)19-4-3-13-31-19)16-20(27)24-17-6-8-18(9-7-17)26-11-14-30-15-12-26/h3-4,6-9,13H,2,5,10-12,14-16H2,1H3,(H,23,29)(H,24,27). The molecule has 9 nitrogen and oxygen atoms in total. The van der Waals surface area contributed by atoms with E-state index < -0.39 is 0 Å². The van der Waals surface area contributed by atoms with Crippen LogP contribution in [0.4, 0.5) is 11.4 Å². The zero-order valence-electron chi connectivity index (χ0n) is 17.6. The Morgan fingerprint density at radius 1 is 1.10 bits per heavy atom. The van der Waals surface area contributed by atoms with Gasteiger partial charge in [0.05, 0.1) is 26.0 Å². The van der Waals surface area contributed by atoms with E-state index in [0.717, 1.165) is 32.0 Å². The number of carbonyl (C=O) groups is 3. The molecule has 0 radical (unpaired) electrons. The average Bonchev–Trinajstić information content (AvgIpc) is 3.32. The molecule has 1 aromatic heterocycles. The third-order valence-electron chi connectivity index (χ3n) is 4.93. The van der Waals surface area contributed by atoms with Crippen molar-refractivity contribution < 1.29 is 23.5 Å². The van der Waals surface area contributed by atoms with E-state index in [2.05, 4.69) is 15.5 Å². The SMILES string of the molecule is CN(CC(=O)Nc1ccc(N2CCOCC2)cc1)C(=O)CCCNC(=O)c1ccco1. The fraction of sp³-hybridized carbons (Fsp3) is 0.409. The van der Waals surface area contributed by atoms with E-state index in [9.17, 15) is 14.4 Å². The van der Waals surface area contributed by atoms with Gasteiger partial charge in [0.15, 0.2) is 5.76 Å². The Labute approximate surface area is 181 Å². The Balaban J connectivity index is 1.35. The molecule has 0 spiro atoms. The van der Waals surface area contributed by atoms with Crippen molar-refractivity contribution in [2.24, 2.45) is 0 Å². The average molecular weight is 428 g/mol. The fourth-order valence-electron chi connectivity index (χ4n) is 3.21.